The standard InChI is InChI=1S/C21H36N2O2.ClH/c1-18-8-16-9-19(2,11-18)13-21(10-16,12-18)17(24)23-14-20(15-25-3)4-6-22-7-5-20;/h16,22H,4-15H2,1-3H3,(H,23,24);1H. The highest BCUT2D eigenvalue weighted by molar-refractivity contribution is 5.85. The monoisotopic (exact) mass is 384 g/mol. The van der Waals surface area contributed by atoms with Gasteiger partial charge >= 0.3 is 0 Å². The van der Waals surface area contributed by atoms with Crippen LogP contribution in [-0.2, 0) is 9.53 Å². The summed E-state index contributed by atoms with van der Waals surface area (Å²) in [7, 11) is 1.78. The molecule has 5 fully saturated rings. The average Bonchev–Trinajstić information content (AvgIpc) is 2.50. The third kappa shape index (κ3) is 3.54. The van der Waals surface area contributed by atoms with Crippen molar-refractivity contribution in [3.63, 3.8) is 0 Å². The minimum atomic E-state index is -0.0932. The molecule has 26 heavy (non-hydrogen) atoms. The smallest absolute Gasteiger partial charge is 0.226 e. The Morgan fingerprint density at radius 1 is 1.08 bits per heavy atom. The largest absolute Gasteiger partial charge is 0.384 e. The van der Waals surface area contributed by atoms with Gasteiger partial charge in [0, 0.05) is 19.1 Å². The molecule has 0 aromatic rings. The molecular weight excluding hydrogens is 348 g/mol. The third-order valence-corrected chi connectivity index (χ3v) is 7.85. The number of hydrogen-bond acceptors (Lipinski definition) is 3. The zero-order chi connectivity index (χ0) is 17.8. The predicted octanol–water partition coefficient (Wildman–Crippen LogP) is 3.54. The quantitative estimate of drug-likeness (QED) is 0.762. The van der Waals surface area contributed by atoms with Crippen molar-refractivity contribution in [2.24, 2.45) is 27.6 Å². The number of carbonyl (C=O) groups is 1. The van der Waals surface area contributed by atoms with E-state index in [1.54, 1.807) is 7.11 Å². The van der Waals surface area contributed by atoms with Gasteiger partial charge in [0.25, 0.3) is 0 Å². The van der Waals surface area contributed by atoms with E-state index in [-0.39, 0.29) is 23.2 Å². The molecule has 1 saturated heterocycles. The number of piperidine rings is 1. The van der Waals surface area contributed by atoms with E-state index in [0.29, 0.717) is 16.7 Å². The second kappa shape index (κ2) is 6.93. The van der Waals surface area contributed by atoms with Crippen LogP contribution in [0, 0.1) is 27.6 Å². The fourth-order valence-electron chi connectivity index (χ4n) is 7.79. The fourth-order valence-corrected chi connectivity index (χ4v) is 7.79. The molecule has 4 aliphatic carbocycles. The van der Waals surface area contributed by atoms with Gasteiger partial charge in [-0.25, -0.2) is 0 Å². The molecule has 2 atom stereocenters. The van der Waals surface area contributed by atoms with Crippen molar-refractivity contribution >= 4 is 18.3 Å². The lowest BCUT2D eigenvalue weighted by molar-refractivity contribution is -0.170. The first-order chi connectivity index (χ1) is 11.8. The van der Waals surface area contributed by atoms with Crippen LogP contribution in [0.3, 0.4) is 0 Å². The van der Waals surface area contributed by atoms with E-state index in [0.717, 1.165) is 64.3 Å². The van der Waals surface area contributed by atoms with Gasteiger partial charge in [0.2, 0.25) is 5.91 Å². The SMILES string of the molecule is COCC1(CNC(=O)C23CC4CC(C)(CC(C)(C4)C2)C3)CCNCC1.Cl. The molecule has 4 nitrogen and oxygen atoms in total. The Balaban J connectivity index is 0.00000196. The lowest BCUT2D eigenvalue weighted by Gasteiger charge is -2.64. The molecule has 2 N–H and O–H groups in total. The molecule has 0 spiro atoms. The first-order valence-corrected chi connectivity index (χ1v) is 10.3. The van der Waals surface area contributed by atoms with Crippen molar-refractivity contribution < 1.29 is 9.53 Å². The van der Waals surface area contributed by atoms with Gasteiger partial charge in [0.15, 0.2) is 0 Å². The summed E-state index contributed by atoms with van der Waals surface area (Å²) in [5.41, 5.74) is 0.810. The summed E-state index contributed by atoms with van der Waals surface area (Å²) in [4.78, 5) is 13.4. The Bertz CT molecular complexity index is 523. The highest BCUT2D eigenvalue weighted by Crippen LogP contribution is 2.69. The summed E-state index contributed by atoms with van der Waals surface area (Å²) in [6, 6.07) is 0. The Morgan fingerprint density at radius 2 is 1.69 bits per heavy atom. The van der Waals surface area contributed by atoms with Crippen LogP contribution >= 0.6 is 12.4 Å². The van der Waals surface area contributed by atoms with Crippen LogP contribution in [0.1, 0.15) is 65.2 Å². The van der Waals surface area contributed by atoms with Gasteiger partial charge in [-0.3, -0.25) is 4.79 Å². The van der Waals surface area contributed by atoms with Crippen LogP contribution in [0.25, 0.3) is 0 Å². The van der Waals surface area contributed by atoms with Gasteiger partial charge in [0.1, 0.15) is 0 Å². The zero-order valence-electron chi connectivity index (χ0n) is 16.8. The zero-order valence-corrected chi connectivity index (χ0v) is 17.6. The van der Waals surface area contributed by atoms with Gasteiger partial charge in [-0.1, -0.05) is 13.8 Å². The Hall–Kier alpha value is -0.320. The molecule has 4 saturated carbocycles. The summed E-state index contributed by atoms with van der Waals surface area (Å²) in [6.45, 7) is 8.47. The van der Waals surface area contributed by atoms with E-state index in [2.05, 4.69) is 24.5 Å². The summed E-state index contributed by atoms with van der Waals surface area (Å²) in [5, 5.41) is 6.86. The van der Waals surface area contributed by atoms with Crippen LogP contribution in [-0.4, -0.2) is 39.3 Å². The maximum absolute atomic E-state index is 13.4. The number of ether oxygens (including phenoxy) is 1. The maximum atomic E-state index is 13.4. The van der Waals surface area contributed by atoms with E-state index in [4.69, 9.17) is 4.74 Å². The van der Waals surface area contributed by atoms with Gasteiger partial charge in [-0.05, 0) is 81.2 Å². The number of carbonyl (C=O) groups excluding carboxylic acids is 1. The first-order valence-electron chi connectivity index (χ1n) is 10.3. The lowest BCUT2D eigenvalue weighted by atomic mass is 9.40. The molecule has 1 aliphatic heterocycles. The van der Waals surface area contributed by atoms with Crippen molar-refractivity contribution in [1.29, 1.82) is 0 Å². The minimum Gasteiger partial charge on any atom is -0.384 e. The first kappa shape index (κ1) is 20.4. The summed E-state index contributed by atoms with van der Waals surface area (Å²) in [6.07, 6.45) is 9.54. The molecule has 1 heterocycles. The van der Waals surface area contributed by atoms with E-state index in [1.807, 2.05) is 0 Å². The van der Waals surface area contributed by atoms with Crippen molar-refractivity contribution in [2.75, 3.05) is 33.4 Å². The van der Waals surface area contributed by atoms with Crippen molar-refractivity contribution in [2.45, 2.75) is 65.2 Å². The average molecular weight is 385 g/mol. The molecule has 0 aromatic heterocycles. The van der Waals surface area contributed by atoms with Crippen LogP contribution in [0.2, 0.25) is 0 Å². The van der Waals surface area contributed by atoms with Crippen LogP contribution < -0.4 is 10.6 Å². The molecule has 0 radical (unpaired) electrons. The minimum absolute atomic E-state index is 0. The van der Waals surface area contributed by atoms with E-state index < -0.39 is 0 Å². The molecule has 1 amide bonds. The van der Waals surface area contributed by atoms with E-state index in [1.165, 1.54) is 19.3 Å². The van der Waals surface area contributed by atoms with Crippen molar-refractivity contribution in [3.05, 3.63) is 0 Å². The lowest BCUT2D eigenvalue weighted by Crippen LogP contribution is -2.60. The molecular formula is C21H37ClN2O2. The van der Waals surface area contributed by atoms with Crippen LogP contribution in [0.15, 0.2) is 0 Å². The van der Waals surface area contributed by atoms with Crippen LogP contribution in [0.4, 0.5) is 0 Å². The Labute approximate surface area is 165 Å². The number of hydrogen-bond donors (Lipinski definition) is 2. The molecule has 0 aromatic carbocycles. The van der Waals surface area contributed by atoms with Crippen LogP contribution in [0.5, 0.6) is 0 Å². The molecule has 2 unspecified atom stereocenters. The van der Waals surface area contributed by atoms with Crippen molar-refractivity contribution in [3.8, 4) is 0 Å². The Kier molecular flexibility index (Phi) is 5.44. The second-order valence-corrected chi connectivity index (χ2v) is 10.8. The molecule has 5 aliphatic rings. The highest BCUT2D eigenvalue weighted by atomic mass is 35.5. The van der Waals surface area contributed by atoms with Crippen molar-refractivity contribution in [1.82, 2.24) is 10.6 Å². The number of methoxy groups -OCH3 is 1. The van der Waals surface area contributed by atoms with Gasteiger partial charge < -0.3 is 15.4 Å². The number of amides is 1. The number of nitrogens with one attached hydrogen (secondary N) is 2. The molecule has 5 heteroatoms. The maximum Gasteiger partial charge on any atom is 0.226 e. The highest BCUT2D eigenvalue weighted by Gasteiger charge is 2.62. The number of rotatable bonds is 5. The van der Waals surface area contributed by atoms with Gasteiger partial charge in [-0.15, -0.1) is 12.4 Å². The summed E-state index contributed by atoms with van der Waals surface area (Å²) < 4.78 is 5.52. The predicted molar refractivity (Wildman–Crippen MR) is 107 cm³/mol. The van der Waals surface area contributed by atoms with Gasteiger partial charge in [-0.2, -0.15) is 0 Å². The Morgan fingerprint density at radius 3 is 2.23 bits per heavy atom. The van der Waals surface area contributed by atoms with Gasteiger partial charge in [0.05, 0.1) is 12.0 Å². The summed E-state index contributed by atoms with van der Waals surface area (Å²) >= 11 is 0. The molecule has 150 valence electrons. The second-order valence-electron chi connectivity index (χ2n) is 10.8. The molecule has 4 bridgehead atoms. The van der Waals surface area contributed by atoms with E-state index in [9.17, 15) is 4.79 Å². The third-order valence-electron chi connectivity index (χ3n) is 7.85. The topological polar surface area (TPSA) is 50.4 Å². The van der Waals surface area contributed by atoms with E-state index >= 15 is 0 Å². The fraction of sp³-hybridized carbons (Fsp3) is 0.952. The molecule has 5 rings (SSSR count). The summed E-state index contributed by atoms with van der Waals surface area (Å²) in [5.74, 6) is 1.12. The number of halogens is 1. The normalized spacial score (nSPS) is 43.0.